The average molecular weight is 496 g/mol. The smallest absolute Gasteiger partial charge is 0.409 e. The molecule has 8 nitrogen and oxygen atoms in total. The molecule has 1 aromatic carbocycles. The fraction of sp³-hybridized carbons (Fsp3) is 0.462. The van der Waals surface area contributed by atoms with Crippen LogP contribution >= 0.6 is 11.6 Å². The van der Waals surface area contributed by atoms with E-state index in [2.05, 4.69) is 24.9 Å². The molecule has 1 aliphatic heterocycles. The van der Waals surface area contributed by atoms with E-state index in [1.807, 2.05) is 4.90 Å². The molecule has 1 unspecified atom stereocenters. The standard InChI is InChI=1S/C26H30ClN5O3/c1-26(2)13-20(26)16-35-25(34)32-9-7-31(8-10-32)23-18(14-28)11-19(15-29-23)17-5-6-21(22(27)12-17)24(33)30(3)4/h5-6,11-12,15,20H,7-10,13,16H2,1-4H3. The molecule has 4 rings (SSSR count). The number of hydrogen-bond acceptors (Lipinski definition) is 6. The second-order valence-electron chi connectivity index (χ2n) is 10.0. The molecule has 0 bridgehead atoms. The van der Waals surface area contributed by atoms with Crippen LogP contribution in [0.5, 0.6) is 0 Å². The molecule has 2 fully saturated rings. The van der Waals surface area contributed by atoms with Gasteiger partial charge in [-0.05, 0) is 41.5 Å². The van der Waals surface area contributed by atoms with Gasteiger partial charge in [-0.3, -0.25) is 4.79 Å². The van der Waals surface area contributed by atoms with Gasteiger partial charge in [-0.15, -0.1) is 0 Å². The van der Waals surface area contributed by atoms with E-state index in [0.717, 1.165) is 17.5 Å². The van der Waals surface area contributed by atoms with Crippen LogP contribution in [0.3, 0.4) is 0 Å². The summed E-state index contributed by atoms with van der Waals surface area (Å²) in [5.74, 6) is 0.870. The Morgan fingerprint density at radius 2 is 1.89 bits per heavy atom. The fourth-order valence-electron chi connectivity index (χ4n) is 4.28. The van der Waals surface area contributed by atoms with Crippen LogP contribution in [0, 0.1) is 22.7 Å². The third kappa shape index (κ3) is 5.35. The maximum atomic E-state index is 12.4. The summed E-state index contributed by atoms with van der Waals surface area (Å²) < 4.78 is 5.50. The van der Waals surface area contributed by atoms with Gasteiger partial charge in [-0.1, -0.05) is 31.5 Å². The molecule has 0 N–H and O–H groups in total. The Labute approximate surface area is 211 Å². The van der Waals surface area contributed by atoms with Gasteiger partial charge in [0.25, 0.3) is 5.91 Å². The summed E-state index contributed by atoms with van der Waals surface area (Å²) in [6.45, 7) is 7.00. The lowest BCUT2D eigenvalue weighted by atomic mass is 10.0. The molecule has 0 radical (unpaired) electrons. The molecule has 9 heteroatoms. The molecule has 184 valence electrons. The molecule has 0 spiro atoms. The Kier molecular flexibility index (Phi) is 6.91. The lowest BCUT2D eigenvalue weighted by molar-refractivity contribution is 0.0827. The second-order valence-corrected chi connectivity index (χ2v) is 10.4. The molecule has 2 aliphatic rings. The van der Waals surface area contributed by atoms with E-state index in [1.165, 1.54) is 4.90 Å². The van der Waals surface area contributed by atoms with Crippen molar-refractivity contribution in [1.82, 2.24) is 14.8 Å². The summed E-state index contributed by atoms with van der Waals surface area (Å²) in [6, 6.07) is 9.21. The van der Waals surface area contributed by atoms with Crippen molar-refractivity contribution < 1.29 is 14.3 Å². The summed E-state index contributed by atoms with van der Waals surface area (Å²) in [6.07, 6.45) is 2.52. The summed E-state index contributed by atoms with van der Waals surface area (Å²) in [5.41, 5.74) is 2.65. The monoisotopic (exact) mass is 495 g/mol. The third-order valence-corrected chi connectivity index (χ3v) is 7.20. The number of carbonyl (C=O) groups excluding carboxylic acids is 2. The van der Waals surface area contributed by atoms with E-state index >= 15 is 0 Å². The van der Waals surface area contributed by atoms with Crippen LogP contribution in [0.4, 0.5) is 10.6 Å². The number of hydrogen-bond donors (Lipinski definition) is 0. The van der Waals surface area contributed by atoms with Crippen LogP contribution in [0.25, 0.3) is 11.1 Å². The van der Waals surface area contributed by atoms with Gasteiger partial charge in [0.2, 0.25) is 0 Å². The third-order valence-electron chi connectivity index (χ3n) is 6.89. The quantitative estimate of drug-likeness (QED) is 0.615. The molecule has 2 aromatic rings. The lowest BCUT2D eigenvalue weighted by Crippen LogP contribution is -2.49. The summed E-state index contributed by atoms with van der Waals surface area (Å²) >= 11 is 6.36. The lowest BCUT2D eigenvalue weighted by Gasteiger charge is -2.35. The van der Waals surface area contributed by atoms with Gasteiger partial charge in [0, 0.05) is 52.0 Å². The summed E-state index contributed by atoms with van der Waals surface area (Å²) in [5, 5.41) is 10.1. The molecular weight excluding hydrogens is 466 g/mol. The van der Waals surface area contributed by atoms with Gasteiger partial charge in [0.15, 0.2) is 0 Å². The van der Waals surface area contributed by atoms with E-state index in [1.54, 1.807) is 49.5 Å². The zero-order valence-corrected chi connectivity index (χ0v) is 21.3. The van der Waals surface area contributed by atoms with Crippen molar-refractivity contribution in [1.29, 1.82) is 5.26 Å². The molecular formula is C26H30ClN5O3. The van der Waals surface area contributed by atoms with Gasteiger partial charge < -0.3 is 19.4 Å². The largest absolute Gasteiger partial charge is 0.449 e. The number of nitrogens with zero attached hydrogens (tertiary/aromatic N) is 5. The number of anilines is 1. The first-order valence-electron chi connectivity index (χ1n) is 11.7. The number of ether oxygens (including phenoxy) is 1. The Morgan fingerprint density at radius 3 is 2.46 bits per heavy atom. The van der Waals surface area contributed by atoms with Crippen molar-refractivity contribution in [3.63, 3.8) is 0 Å². The Morgan fingerprint density at radius 1 is 1.20 bits per heavy atom. The molecule has 2 heterocycles. The zero-order chi connectivity index (χ0) is 25.3. The average Bonchev–Trinajstić information content (AvgIpc) is 3.47. The maximum absolute atomic E-state index is 12.4. The number of halogens is 1. The summed E-state index contributed by atoms with van der Waals surface area (Å²) in [7, 11) is 3.35. The number of rotatable bonds is 5. The van der Waals surface area contributed by atoms with Crippen LogP contribution in [0.2, 0.25) is 5.02 Å². The first-order valence-corrected chi connectivity index (χ1v) is 12.1. The van der Waals surface area contributed by atoms with E-state index in [9.17, 15) is 14.9 Å². The molecule has 1 aromatic heterocycles. The number of aromatic nitrogens is 1. The Hall–Kier alpha value is -3.31. The van der Waals surface area contributed by atoms with E-state index in [4.69, 9.17) is 16.3 Å². The zero-order valence-electron chi connectivity index (χ0n) is 20.5. The first kappa shape index (κ1) is 24.8. The highest BCUT2D eigenvalue weighted by Crippen LogP contribution is 2.51. The SMILES string of the molecule is CN(C)C(=O)c1ccc(-c2cnc(N3CCN(C(=O)OCC4CC4(C)C)CC3)c(C#N)c2)cc1Cl. The first-order chi connectivity index (χ1) is 16.6. The van der Waals surface area contributed by atoms with Crippen molar-refractivity contribution >= 4 is 29.4 Å². The summed E-state index contributed by atoms with van der Waals surface area (Å²) in [4.78, 5) is 34.4. The van der Waals surface area contributed by atoms with Crippen molar-refractivity contribution in [3.05, 3.63) is 46.6 Å². The highest BCUT2D eigenvalue weighted by molar-refractivity contribution is 6.34. The topological polar surface area (TPSA) is 89.8 Å². The van der Waals surface area contributed by atoms with Crippen LogP contribution in [0.15, 0.2) is 30.5 Å². The normalized spacial score (nSPS) is 18.6. The van der Waals surface area contributed by atoms with Crippen molar-refractivity contribution in [2.24, 2.45) is 11.3 Å². The molecule has 1 saturated heterocycles. The van der Waals surface area contributed by atoms with E-state index in [-0.39, 0.29) is 17.4 Å². The van der Waals surface area contributed by atoms with Crippen LogP contribution < -0.4 is 4.90 Å². The molecule has 2 amide bonds. The van der Waals surface area contributed by atoms with Gasteiger partial charge in [0.1, 0.15) is 11.9 Å². The highest BCUT2D eigenvalue weighted by atomic mass is 35.5. The highest BCUT2D eigenvalue weighted by Gasteiger charge is 2.46. The predicted molar refractivity (Wildman–Crippen MR) is 134 cm³/mol. The molecule has 1 atom stereocenters. The number of carbonyl (C=O) groups is 2. The second kappa shape index (κ2) is 9.74. The molecule has 1 saturated carbocycles. The Balaban J connectivity index is 1.41. The minimum absolute atomic E-state index is 0.174. The van der Waals surface area contributed by atoms with Gasteiger partial charge >= 0.3 is 6.09 Å². The van der Waals surface area contributed by atoms with Crippen LogP contribution in [-0.4, -0.2) is 73.7 Å². The predicted octanol–water partition coefficient (Wildman–Crippen LogP) is 4.28. The minimum atomic E-state index is -0.274. The number of amides is 2. The number of benzene rings is 1. The minimum Gasteiger partial charge on any atom is -0.449 e. The van der Waals surface area contributed by atoms with Gasteiger partial charge in [-0.2, -0.15) is 5.26 Å². The molecule has 35 heavy (non-hydrogen) atoms. The number of pyridine rings is 1. The van der Waals surface area contributed by atoms with E-state index in [0.29, 0.717) is 60.7 Å². The van der Waals surface area contributed by atoms with E-state index < -0.39 is 0 Å². The molecule has 1 aliphatic carbocycles. The number of nitriles is 1. The van der Waals surface area contributed by atoms with Gasteiger partial charge in [-0.25, -0.2) is 9.78 Å². The van der Waals surface area contributed by atoms with Gasteiger partial charge in [0.05, 0.1) is 22.8 Å². The van der Waals surface area contributed by atoms with Crippen molar-refractivity contribution in [3.8, 4) is 17.2 Å². The van der Waals surface area contributed by atoms with Crippen LogP contribution in [-0.2, 0) is 4.74 Å². The van der Waals surface area contributed by atoms with Crippen molar-refractivity contribution in [2.75, 3.05) is 51.8 Å². The van der Waals surface area contributed by atoms with Crippen LogP contribution in [0.1, 0.15) is 36.2 Å². The number of piperazine rings is 1. The fourth-order valence-corrected chi connectivity index (χ4v) is 4.54. The van der Waals surface area contributed by atoms with Crippen molar-refractivity contribution in [2.45, 2.75) is 20.3 Å². The Bertz CT molecular complexity index is 1180. The maximum Gasteiger partial charge on any atom is 0.409 e.